The van der Waals surface area contributed by atoms with Crippen LogP contribution in [0.4, 0.5) is 19.0 Å². The second-order valence-corrected chi connectivity index (χ2v) is 6.48. The van der Waals surface area contributed by atoms with Crippen molar-refractivity contribution < 1.29 is 35.9 Å². The summed E-state index contributed by atoms with van der Waals surface area (Å²) in [6.45, 7) is 0. The summed E-state index contributed by atoms with van der Waals surface area (Å²) in [6, 6.07) is 4.78. The van der Waals surface area contributed by atoms with E-state index in [1.807, 2.05) is 4.72 Å². The molecule has 0 aliphatic rings. The van der Waals surface area contributed by atoms with Gasteiger partial charge in [0.2, 0.25) is 10.0 Å². The lowest BCUT2D eigenvalue weighted by molar-refractivity contribution is -0.274. The van der Waals surface area contributed by atoms with Crippen LogP contribution >= 0.6 is 0 Å². The van der Waals surface area contributed by atoms with Gasteiger partial charge in [0.1, 0.15) is 5.75 Å². The van der Waals surface area contributed by atoms with Crippen LogP contribution in [0.3, 0.4) is 0 Å². The van der Waals surface area contributed by atoms with E-state index >= 15 is 0 Å². The number of carbonyl (C=O) groups is 1. The summed E-state index contributed by atoms with van der Waals surface area (Å²) in [6.07, 6.45) is -2.70. The molecule has 0 saturated heterocycles. The quantitative estimate of drug-likeness (QED) is 0.752. The van der Waals surface area contributed by atoms with Crippen molar-refractivity contribution in [2.45, 2.75) is 12.1 Å². The van der Waals surface area contributed by atoms with E-state index in [-0.39, 0.29) is 5.56 Å². The maximum absolute atomic E-state index is 12.4. The van der Waals surface area contributed by atoms with Crippen molar-refractivity contribution in [3.63, 3.8) is 0 Å². The normalized spacial score (nSPS) is 11.7. The van der Waals surface area contributed by atoms with Crippen LogP contribution in [0.2, 0.25) is 0 Å². The zero-order valence-corrected chi connectivity index (χ0v) is 14.0. The van der Waals surface area contributed by atoms with Crippen molar-refractivity contribution in [2.75, 3.05) is 11.8 Å². The van der Waals surface area contributed by atoms with Gasteiger partial charge in [-0.1, -0.05) is 18.2 Å². The second kappa shape index (κ2) is 7.56. The van der Waals surface area contributed by atoms with Crippen LogP contribution in [-0.4, -0.2) is 37.8 Å². The van der Waals surface area contributed by atoms with E-state index in [0.29, 0.717) is 0 Å². The smallest absolute Gasteiger partial charge is 0.464 e. The molecule has 0 bridgehead atoms. The van der Waals surface area contributed by atoms with Gasteiger partial charge in [-0.2, -0.15) is 0 Å². The molecule has 140 valence electrons. The number of carbonyl (C=O) groups excluding carboxylic acids is 1. The highest BCUT2D eigenvalue weighted by Gasteiger charge is 2.32. The van der Waals surface area contributed by atoms with Crippen molar-refractivity contribution in [1.82, 2.24) is 9.97 Å². The monoisotopic (exact) mass is 391 g/mol. The molecule has 26 heavy (non-hydrogen) atoms. The molecule has 1 aromatic heterocycles. The van der Waals surface area contributed by atoms with Crippen LogP contribution in [0, 0.1) is 0 Å². The number of hydrogen-bond acceptors (Lipinski definition) is 7. The molecule has 0 amide bonds. The molecular weight excluding hydrogens is 379 g/mol. The number of halogens is 3. The van der Waals surface area contributed by atoms with E-state index in [9.17, 15) is 26.4 Å². The Labute approximate surface area is 146 Å². The molecule has 1 aromatic carbocycles. The highest BCUT2D eigenvalue weighted by molar-refractivity contribution is 7.91. The number of hydrogen-bond donors (Lipinski definition) is 1. The summed E-state index contributed by atoms with van der Waals surface area (Å²) >= 11 is 0. The van der Waals surface area contributed by atoms with Gasteiger partial charge in [0.15, 0.2) is 11.5 Å². The fourth-order valence-corrected chi connectivity index (χ4v) is 3.06. The van der Waals surface area contributed by atoms with Crippen LogP contribution in [0.5, 0.6) is 5.75 Å². The van der Waals surface area contributed by atoms with Gasteiger partial charge in [-0.3, -0.25) is 4.72 Å². The van der Waals surface area contributed by atoms with Crippen molar-refractivity contribution in [3.8, 4) is 5.75 Å². The van der Waals surface area contributed by atoms with Crippen LogP contribution in [0.1, 0.15) is 16.1 Å². The minimum Gasteiger partial charge on any atom is -0.464 e. The summed E-state index contributed by atoms with van der Waals surface area (Å²) in [4.78, 5) is 18.9. The van der Waals surface area contributed by atoms with Gasteiger partial charge in [0.05, 0.1) is 12.9 Å². The van der Waals surface area contributed by atoms with E-state index in [1.54, 1.807) is 0 Å². The molecule has 0 unspecified atom stereocenters. The standard InChI is InChI=1S/C14H12F3N3O5S/c1-24-13(21)11-12(19-7-6-18-11)20-26(22,23)8-9-4-2-3-5-10(9)25-14(15,16)17/h2-7H,8H2,1H3,(H,19,20). The van der Waals surface area contributed by atoms with Crippen molar-refractivity contribution >= 4 is 21.8 Å². The van der Waals surface area contributed by atoms with E-state index in [2.05, 4.69) is 19.4 Å². The van der Waals surface area contributed by atoms with Crippen LogP contribution < -0.4 is 9.46 Å². The molecule has 2 rings (SSSR count). The Morgan fingerprint density at radius 3 is 2.50 bits per heavy atom. The number of nitrogens with one attached hydrogen (secondary N) is 1. The Morgan fingerprint density at radius 2 is 1.85 bits per heavy atom. The number of para-hydroxylation sites is 1. The lowest BCUT2D eigenvalue weighted by Gasteiger charge is -2.14. The summed E-state index contributed by atoms with van der Waals surface area (Å²) in [5.74, 6) is -2.85. The lowest BCUT2D eigenvalue weighted by Crippen LogP contribution is -2.21. The lowest BCUT2D eigenvalue weighted by atomic mass is 10.2. The van der Waals surface area contributed by atoms with Gasteiger partial charge in [-0.05, 0) is 6.07 Å². The molecule has 0 spiro atoms. The molecule has 0 fully saturated rings. The predicted octanol–water partition coefficient (Wildman–Crippen LogP) is 2.10. The molecule has 0 radical (unpaired) electrons. The Bertz CT molecular complexity index is 903. The third kappa shape index (κ3) is 5.31. The summed E-state index contributed by atoms with van der Waals surface area (Å²) in [7, 11) is -3.17. The third-order valence-corrected chi connectivity index (χ3v) is 4.07. The van der Waals surface area contributed by atoms with Crippen LogP contribution in [-0.2, 0) is 20.5 Å². The number of nitrogens with zero attached hydrogens (tertiary/aromatic N) is 2. The fourth-order valence-electron chi connectivity index (χ4n) is 1.89. The van der Waals surface area contributed by atoms with E-state index < -0.39 is 45.4 Å². The number of benzene rings is 1. The highest BCUT2D eigenvalue weighted by Crippen LogP contribution is 2.27. The molecule has 1 heterocycles. The van der Waals surface area contributed by atoms with Crippen molar-refractivity contribution in [3.05, 3.63) is 47.9 Å². The third-order valence-electron chi connectivity index (χ3n) is 2.87. The number of sulfonamides is 1. The average molecular weight is 391 g/mol. The second-order valence-electron chi connectivity index (χ2n) is 4.76. The molecule has 0 atom stereocenters. The molecule has 2 aromatic rings. The molecule has 1 N–H and O–H groups in total. The van der Waals surface area contributed by atoms with Gasteiger partial charge in [-0.25, -0.2) is 23.2 Å². The van der Waals surface area contributed by atoms with E-state index in [4.69, 9.17) is 0 Å². The Balaban J connectivity index is 2.28. The Kier molecular flexibility index (Phi) is 5.65. The van der Waals surface area contributed by atoms with Gasteiger partial charge in [0.25, 0.3) is 0 Å². The minimum absolute atomic E-state index is 0.235. The largest absolute Gasteiger partial charge is 0.573 e. The fraction of sp³-hybridized carbons (Fsp3) is 0.214. The summed E-state index contributed by atoms with van der Waals surface area (Å²) < 4.78 is 72.1. The minimum atomic E-state index is -4.98. The first-order valence-corrected chi connectivity index (χ1v) is 8.50. The Morgan fingerprint density at radius 1 is 1.19 bits per heavy atom. The van der Waals surface area contributed by atoms with E-state index in [1.165, 1.54) is 12.1 Å². The first kappa shape index (κ1) is 19.4. The number of esters is 1. The molecule has 12 heteroatoms. The first-order valence-electron chi connectivity index (χ1n) is 6.85. The Hall–Kier alpha value is -2.89. The maximum atomic E-state index is 12.4. The van der Waals surface area contributed by atoms with Gasteiger partial charge in [-0.15, -0.1) is 13.2 Å². The topological polar surface area (TPSA) is 107 Å². The highest BCUT2D eigenvalue weighted by atomic mass is 32.2. The van der Waals surface area contributed by atoms with Crippen LogP contribution in [0.15, 0.2) is 36.7 Å². The van der Waals surface area contributed by atoms with Crippen LogP contribution in [0.25, 0.3) is 0 Å². The zero-order chi connectivity index (χ0) is 19.4. The van der Waals surface area contributed by atoms with Crippen molar-refractivity contribution in [1.29, 1.82) is 0 Å². The van der Waals surface area contributed by atoms with Gasteiger partial charge >= 0.3 is 12.3 Å². The molecule has 8 nitrogen and oxygen atoms in total. The summed E-state index contributed by atoms with van der Waals surface area (Å²) in [5, 5.41) is 0. The SMILES string of the molecule is COC(=O)c1nccnc1NS(=O)(=O)Cc1ccccc1OC(F)(F)F. The molecular formula is C14H12F3N3O5S. The number of alkyl halides is 3. The van der Waals surface area contributed by atoms with E-state index in [0.717, 1.165) is 31.6 Å². The maximum Gasteiger partial charge on any atom is 0.573 e. The van der Waals surface area contributed by atoms with Gasteiger partial charge < -0.3 is 9.47 Å². The molecule has 0 aliphatic heterocycles. The predicted molar refractivity (Wildman–Crippen MR) is 82.7 cm³/mol. The number of ether oxygens (including phenoxy) is 2. The first-order chi connectivity index (χ1) is 12.1. The number of aromatic nitrogens is 2. The number of anilines is 1. The average Bonchev–Trinajstić information content (AvgIpc) is 2.54. The molecule has 0 aliphatic carbocycles. The molecule has 0 saturated carbocycles. The summed E-state index contributed by atoms with van der Waals surface area (Å²) in [5.41, 5.74) is -0.626. The number of rotatable bonds is 6. The van der Waals surface area contributed by atoms with Crippen molar-refractivity contribution in [2.24, 2.45) is 0 Å². The van der Waals surface area contributed by atoms with Gasteiger partial charge in [0, 0.05) is 18.0 Å². The number of methoxy groups -OCH3 is 1. The zero-order valence-electron chi connectivity index (χ0n) is 13.1.